The zero-order valence-corrected chi connectivity index (χ0v) is 10.8. The van der Waals surface area contributed by atoms with E-state index in [4.69, 9.17) is 0 Å². The number of anilines is 1. The maximum Gasteiger partial charge on any atom is 0.151 e. The van der Waals surface area contributed by atoms with Crippen LogP contribution >= 0.6 is 15.9 Å². The van der Waals surface area contributed by atoms with Gasteiger partial charge in [-0.3, -0.25) is 4.79 Å². The molecule has 0 atom stereocenters. The van der Waals surface area contributed by atoms with E-state index < -0.39 is 0 Å². The molecule has 0 amide bonds. The molecule has 1 aliphatic heterocycles. The summed E-state index contributed by atoms with van der Waals surface area (Å²) in [6.45, 7) is 4.18. The maximum atomic E-state index is 10.7. The lowest BCUT2D eigenvalue weighted by Gasteiger charge is -2.27. The van der Waals surface area contributed by atoms with Crippen molar-refractivity contribution in [2.45, 2.75) is 13.3 Å². The molecule has 0 bridgehead atoms. The largest absolute Gasteiger partial charge is 0.367 e. The smallest absolute Gasteiger partial charge is 0.151 e. The summed E-state index contributed by atoms with van der Waals surface area (Å²) in [6, 6.07) is 5.87. The Morgan fingerprint density at radius 3 is 2.81 bits per heavy atom. The number of hydrogen-bond acceptors (Lipinski definition) is 2. The molecule has 0 aromatic heterocycles. The summed E-state index contributed by atoms with van der Waals surface area (Å²) in [5.74, 6) is 0. The first-order valence-corrected chi connectivity index (χ1v) is 6.15. The van der Waals surface area contributed by atoms with E-state index in [1.54, 1.807) is 0 Å². The molecule has 0 unspecified atom stereocenters. The minimum atomic E-state index is 0.701. The molecule has 0 spiro atoms. The van der Waals surface area contributed by atoms with Gasteiger partial charge in [0.1, 0.15) is 0 Å². The van der Waals surface area contributed by atoms with E-state index in [-0.39, 0.29) is 0 Å². The predicted octanol–water partition coefficient (Wildman–Crippen LogP) is 3.42. The fourth-order valence-electron chi connectivity index (χ4n) is 1.81. The molecule has 0 fully saturated rings. The molecule has 0 saturated heterocycles. The lowest BCUT2D eigenvalue weighted by Crippen LogP contribution is -2.28. The van der Waals surface area contributed by atoms with E-state index >= 15 is 0 Å². The van der Waals surface area contributed by atoms with E-state index in [1.807, 2.05) is 18.2 Å². The van der Waals surface area contributed by atoms with Gasteiger partial charge in [0.2, 0.25) is 0 Å². The van der Waals surface area contributed by atoms with Crippen molar-refractivity contribution < 1.29 is 4.79 Å². The van der Waals surface area contributed by atoms with Crippen molar-refractivity contribution in [2.75, 3.05) is 18.0 Å². The molecule has 16 heavy (non-hydrogen) atoms. The molecule has 0 radical (unpaired) electrons. The van der Waals surface area contributed by atoms with Crippen LogP contribution in [0.4, 0.5) is 5.69 Å². The number of nitrogens with zero attached hydrogens (tertiary/aromatic N) is 1. The van der Waals surface area contributed by atoms with Crippen LogP contribution in [0.25, 0.3) is 0 Å². The second kappa shape index (κ2) is 4.83. The lowest BCUT2D eigenvalue weighted by atomic mass is 10.1. The van der Waals surface area contributed by atoms with Crippen molar-refractivity contribution in [1.29, 1.82) is 0 Å². The van der Waals surface area contributed by atoms with Crippen molar-refractivity contribution in [2.24, 2.45) is 0 Å². The fourth-order valence-corrected chi connectivity index (χ4v) is 2.27. The van der Waals surface area contributed by atoms with Crippen LogP contribution in [0.3, 0.4) is 0 Å². The Morgan fingerprint density at radius 1 is 1.44 bits per heavy atom. The van der Waals surface area contributed by atoms with E-state index in [2.05, 4.69) is 33.8 Å². The van der Waals surface area contributed by atoms with Gasteiger partial charge < -0.3 is 4.90 Å². The second-order valence-corrected chi connectivity index (χ2v) is 4.92. The third-order valence-corrected chi connectivity index (χ3v) is 3.60. The van der Waals surface area contributed by atoms with Gasteiger partial charge in [-0.2, -0.15) is 0 Å². The highest BCUT2D eigenvalue weighted by Gasteiger charge is 2.11. The standard InChI is InChI=1S/C13H14BrNO/c1-10-4-6-15(7-5-10)12-3-2-11(9-16)13(14)8-12/h2-4,8-9H,5-7H2,1H3. The summed E-state index contributed by atoms with van der Waals surface area (Å²) in [7, 11) is 0. The van der Waals surface area contributed by atoms with Gasteiger partial charge in [-0.15, -0.1) is 0 Å². The summed E-state index contributed by atoms with van der Waals surface area (Å²) < 4.78 is 0.867. The molecular weight excluding hydrogens is 266 g/mol. The maximum absolute atomic E-state index is 10.7. The van der Waals surface area contributed by atoms with Gasteiger partial charge >= 0.3 is 0 Å². The Hall–Kier alpha value is -1.09. The van der Waals surface area contributed by atoms with Gasteiger partial charge in [0.15, 0.2) is 6.29 Å². The zero-order valence-electron chi connectivity index (χ0n) is 9.24. The first-order chi connectivity index (χ1) is 7.70. The highest BCUT2D eigenvalue weighted by Crippen LogP contribution is 2.25. The Morgan fingerprint density at radius 2 is 2.25 bits per heavy atom. The molecule has 2 rings (SSSR count). The molecular formula is C13H14BrNO. The Balaban J connectivity index is 2.22. The van der Waals surface area contributed by atoms with Crippen LogP contribution in [0.5, 0.6) is 0 Å². The van der Waals surface area contributed by atoms with E-state index in [0.29, 0.717) is 5.56 Å². The highest BCUT2D eigenvalue weighted by atomic mass is 79.9. The molecule has 1 heterocycles. The third-order valence-electron chi connectivity index (χ3n) is 2.91. The Kier molecular flexibility index (Phi) is 3.44. The van der Waals surface area contributed by atoms with Crippen LogP contribution in [-0.2, 0) is 0 Å². The van der Waals surface area contributed by atoms with Crippen molar-refractivity contribution in [3.63, 3.8) is 0 Å². The molecule has 2 nitrogen and oxygen atoms in total. The number of carbonyl (C=O) groups is 1. The van der Waals surface area contributed by atoms with Gasteiger partial charge in [-0.25, -0.2) is 0 Å². The first kappa shape index (κ1) is 11.4. The SMILES string of the molecule is CC1=CCN(c2ccc(C=O)c(Br)c2)CC1. The van der Waals surface area contributed by atoms with Crippen LogP contribution < -0.4 is 4.90 Å². The number of halogens is 1. The molecule has 0 N–H and O–H groups in total. The lowest BCUT2D eigenvalue weighted by molar-refractivity contribution is 0.112. The van der Waals surface area contributed by atoms with Gasteiger partial charge in [0.25, 0.3) is 0 Å². The van der Waals surface area contributed by atoms with Crippen LogP contribution in [0.1, 0.15) is 23.7 Å². The summed E-state index contributed by atoms with van der Waals surface area (Å²) in [4.78, 5) is 13.0. The molecule has 1 aromatic rings. The average Bonchev–Trinajstić information content (AvgIpc) is 2.30. The van der Waals surface area contributed by atoms with Gasteiger partial charge in [-0.1, -0.05) is 11.6 Å². The molecule has 1 aliphatic rings. The normalized spacial score (nSPS) is 15.9. The number of benzene rings is 1. The van der Waals surface area contributed by atoms with Crippen molar-refractivity contribution in [3.05, 3.63) is 39.9 Å². The zero-order chi connectivity index (χ0) is 11.5. The Labute approximate surface area is 104 Å². The fraction of sp³-hybridized carbons (Fsp3) is 0.308. The summed E-state index contributed by atoms with van der Waals surface area (Å²) >= 11 is 3.41. The van der Waals surface area contributed by atoms with Gasteiger partial charge in [-0.05, 0) is 47.5 Å². The minimum absolute atomic E-state index is 0.701. The molecule has 0 saturated carbocycles. The van der Waals surface area contributed by atoms with Crippen molar-refractivity contribution in [3.8, 4) is 0 Å². The van der Waals surface area contributed by atoms with Crippen LogP contribution in [0.15, 0.2) is 34.3 Å². The quantitative estimate of drug-likeness (QED) is 0.611. The molecule has 84 valence electrons. The van der Waals surface area contributed by atoms with E-state index in [9.17, 15) is 4.79 Å². The molecule has 0 aliphatic carbocycles. The van der Waals surface area contributed by atoms with Crippen LogP contribution in [0, 0.1) is 0 Å². The van der Waals surface area contributed by atoms with Crippen LogP contribution in [-0.4, -0.2) is 19.4 Å². The van der Waals surface area contributed by atoms with Crippen LogP contribution in [0.2, 0.25) is 0 Å². The third kappa shape index (κ3) is 2.35. The van der Waals surface area contributed by atoms with Gasteiger partial charge in [0.05, 0.1) is 0 Å². The summed E-state index contributed by atoms with van der Waals surface area (Å²) in [5.41, 5.74) is 3.33. The Bertz CT molecular complexity index is 440. The summed E-state index contributed by atoms with van der Waals surface area (Å²) in [5, 5.41) is 0. The predicted molar refractivity (Wildman–Crippen MR) is 70.1 cm³/mol. The van der Waals surface area contributed by atoms with Crippen molar-refractivity contribution >= 4 is 27.9 Å². The topological polar surface area (TPSA) is 20.3 Å². The molecule has 3 heteroatoms. The number of aldehydes is 1. The van der Waals surface area contributed by atoms with Crippen molar-refractivity contribution in [1.82, 2.24) is 0 Å². The second-order valence-electron chi connectivity index (χ2n) is 4.07. The number of carbonyl (C=O) groups excluding carboxylic acids is 1. The monoisotopic (exact) mass is 279 g/mol. The summed E-state index contributed by atoms with van der Waals surface area (Å²) in [6.07, 6.45) is 4.24. The van der Waals surface area contributed by atoms with Gasteiger partial charge in [0, 0.05) is 28.8 Å². The van der Waals surface area contributed by atoms with E-state index in [0.717, 1.165) is 30.3 Å². The van der Waals surface area contributed by atoms with E-state index in [1.165, 1.54) is 11.3 Å². The molecule has 1 aromatic carbocycles. The average molecular weight is 280 g/mol. The first-order valence-electron chi connectivity index (χ1n) is 5.36. The minimum Gasteiger partial charge on any atom is -0.367 e. The number of rotatable bonds is 2. The number of hydrogen-bond donors (Lipinski definition) is 0. The highest BCUT2D eigenvalue weighted by molar-refractivity contribution is 9.10.